The highest BCUT2D eigenvalue weighted by molar-refractivity contribution is 5.92. The zero-order valence-corrected chi connectivity index (χ0v) is 11.2. The second-order valence-corrected chi connectivity index (χ2v) is 3.82. The van der Waals surface area contributed by atoms with E-state index < -0.39 is 0 Å². The van der Waals surface area contributed by atoms with Gasteiger partial charge in [0.25, 0.3) is 0 Å². The predicted octanol–water partition coefficient (Wildman–Crippen LogP) is 2.23. The van der Waals surface area contributed by atoms with E-state index in [4.69, 9.17) is 15.2 Å². The summed E-state index contributed by atoms with van der Waals surface area (Å²) >= 11 is 0. The van der Waals surface area contributed by atoms with Gasteiger partial charge in [-0.25, -0.2) is 0 Å². The van der Waals surface area contributed by atoms with Crippen molar-refractivity contribution in [2.24, 2.45) is 10.7 Å². The Bertz CT molecular complexity index is 405. The van der Waals surface area contributed by atoms with Gasteiger partial charge in [-0.05, 0) is 18.6 Å². The monoisotopic (exact) mass is 251 g/mol. The van der Waals surface area contributed by atoms with Gasteiger partial charge in [-0.15, -0.1) is 0 Å². The first-order valence-corrected chi connectivity index (χ1v) is 6.00. The summed E-state index contributed by atoms with van der Waals surface area (Å²) in [5.41, 5.74) is 6.60. The maximum atomic E-state index is 5.78. The summed E-state index contributed by atoms with van der Waals surface area (Å²) in [6.45, 7) is 2.86. The zero-order chi connectivity index (χ0) is 13.4. The maximum absolute atomic E-state index is 5.78. The van der Waals surface area contributed by atoms with Crippen molar-refractivity contribution in [3.8, 4) is 11.5 Å². The van der Waals surface area contributed by atoms with E-state index in [2.05, 4.69) is 17.2 Å². The minimum atomic E-state index is 0.413. The van der Waals surface area contributed by atoms with Crippen molar-refractivity contribution in [3.05, 3.63) is 18.2 Å². The molecule has 18 heavy (non-hydrogen) atoms. The van der Waals surface area contributed by atoms with Gasteiger partial charge >= 0.3 is 0 Å². The van der Waals surface area contributed by atoms with Crippen molar-refractivity contribution < 1.29 is 9.47 Å². The lowest BCUT2D eigenvalue weighted by molar-refractivity contribution is 0.355. The smallest absolute Gasteiger partial charge is 0.193 e. The van der Waals surface area contributed by atoms with Crippen molar-refractivity contribution in [2.75, 3.05) is 26.1 Å². The van der Waals surface area contributed by atoms with Gasteiger partial charge in [-0.1, -0.05) is 13.3 Å². The first-order chi connectivity index (χ1) is 8.71. The molecule has 0 fully saturated rings. The summed E-state index contributed by atoms with van der Waals surface area (Å²) < 4.78 is 10.4. The number of methoxy groups -OCH3 is 2. The molecule has 1 aromatic rings. The van der Waals surface area contributed by atoms with Crippen molar-refractivity contribution in [2.45, 2.75) is 19.8 Å². The third-order valence-corrected chi connectivity index (χ3v) is 2.45. The van der Waals surface area contributed by atoms with E-state index in [1.165, 1.54) is 0 Å². The van der Waals surface area contributed by atoms with Gasteiger partial charge in [-0.2, -0.15) is 0 Å². The van der Waals surface area contributed by atoms with Crippen LogP contribution in [0.4, 0.5) is 5.69 Å². The molecule has 0 unspecified atom stereocenters. The van der Waals surface area contributed by atoms with Crippen LogP contribution in [0, 0.1) is 0 Å². The molecule has 0 amide bonds. The first kappa shape index (κ1) is 14.2. The van der Waals surface area contributed by atoms with Gasteiger partial charge in [0, 0.05) is 18.3 Å². The van der Waals surface area contributed by atoms with Crippen LogP contribution in [0.15, 0.2) is 23.2 Å². The second kappa shape index (κ2) is 7.42. The number of aliphatic imine (C=N–C) groups is 1. The third kappa shape index (κ3) is 4.16. The molecule has 0 spiro atoms. The fourth-order valence-corrected chi connectivity index (χ4v) is 1.46. The predicted molar refractivity (Wildman–Crippen MR) is 74.6 cm³/mol. The first-order valence-electron chi connectivity index (χ1n) is 6.00. The van der Waals surface area contributed by atoms with Gasteiger partial charge in [0.1, 0.15) is 0 Å². The summed E-state index contributed by atoms with van der Waals surface area (Å²) in [4.78, 5) is 4.22. The minimum Gasteiger partial charge on any atom is -0.493 e. The average molecular weight is 251 g/mol. The van der Waals surface area contributed by atoms with E-state index in [0.29, 0.717) is 17.5 Å². The molecule has 0 atom stereocenters. The second-order valence-electron chi connectivity index (χ2n) is 3.82. The van der Waals surface area contributed by atoms with Gasteiger partial charge in [0.15, 0.2) is 17.5 Å². The van der Waals surface area contributed by atoms with E-state index >= 15 is 0 Å². The van der Waals surface area contributed by atoms with Crippen LogP contribution in [0.2, 0.25) is 0 Å². The lowest BCUT2D eigenvalue weighted by Crippen LogP contribution is -2.22. The van der Waals surface area contributed by atoms with Gasteiger partial charge in [0.2, 0.25) is 0 Å². The van der Waals surface area contributed by atoms with E-state index in [1.807, 2.05) is 18.2 Å². The molecule has 0 saturated heterocycles. The number of nitrogens with zero attached hydrogens (tertiary/aromatic N) is 1. The van der Waals surface area contributed by atoms with Crippen LogP contribution < -0.4 is 20.5 Å². The molecule has 0 heterocycles. The Morgan fingerprint density at radius 2 is 2.00 bits per heavy atom. The molecule has 0 aliphatic heterocycles. The Morgan fingerprint density at radius 3 is 2.61 bits per heavy atom. The number of ether oxygens (including phenoxy) is 2. The average Bonchev–Trinajstić information content (AvgIpc) is 2.39. The lowest BCUT2D eigenvalue weighted by atomic mass is 10.3. The minimum absolute atomic E-state index is 0.413. The molecule has 0 aliphatic carbocycles. The molecule has 0 bridgehead atoms. The number of anilines is 1. The molecule has 5 nitrogen and oxygen atoms in total. The maximum Gasteiger partial charge on any atom is 0.193 e. The fourth-order valence-electron chi connectivity index (χ4n) is 1.46. The number of benzene rings is 1. The SMILES string of the molecule is CCCCN=C(N)Nc1ccc(OC)c(OC)c1. The van der Waals surface area contributed by atoms with Crippen LogP contribution in [-0.4, -0.2) is 26.7 Å². The zero-order valence-electron chi connectivity index (χ0n) is 11.2. The molecule has 5 heteroatoms. The molecular formula is C13H21N3O2. The summed E-state index contributed by atoms with van der Waals surface area (Å²) in [5.74, 6) is 1.75. The molecule has 3 N–H and O–H groups in total. The van der Waals surface area contributed by atoms with E-state index in [-0.39, 0.29) is 0 Å². The third-order valence-electron chi connectivity index (χ3n) is 2.45. The summed E-state index contributed by atoms with van der Waals surface area (Å²) in [6.07, 6.45) is 2.14. The molecule has 0 saturated carbocycles. The van der Waals surface area contributed by atoms with Crippen LogP contribution in [0.3, 0.4) is 0 Å². The molecule has 1 aromatic carbocycles. The summed E-state index contributed by atoms with van der Waals surface area (Å²) in [7, 11) is 3.20. The quantitative estimate of drug-likeness (QED) is 0.462. The lowest BCUT2D eigenvalue weighted by Gasteiger charge is -2.10. The van der Waals surface area contributed by atoms with Crippen LogP contribution in [0.1, 0.15) is 19.8 Å². The standard InChI is InChI=1S/C13H21N3O2/c1-4-5-8-15-13(14)16-10-6-7-11(17-2)12(9-10)18-3/h6-7,9H,4-5,8H2,1-3H3,(H3,14,15,16). The number of guanidine groups is 1. The van der Waals surface area contributed by atoms with Crippen LogP contribution >= 0.6 is 0 Å². The van der Waals surface area contributed by atoms with Crippen molar-refractivity contribution in [1.29, 1.82) is 0 Å². The Labute approximate surface area is 108 Å². The fraction of sp³-hybridized carbons (Fsp3) is 0.462. The largest absolute Gasteiger partial charge is 0.493 e. The number of rotatable bonds is 6. The Morgan fingerprint density at radius 1 is 1.28 bits per heavy atom. The molecule has 100 valence electrons. The van der Waals surface area contributed by atoms with Gasteiger partial charge in [0.05, 0.1) is 14.2 Å². The highest BCUT2D eigenvalue weighted by Crippen LogP contribution is 2.29. The van der Waals surface area contributed by atoms with Crippen LogP contribution in [0.25, 0.3) is 0 Å². The highest BCUT2D eigenvalue weighted by Gasteiger charge is 2.04. The number of unbranched alkanes of at least 4 members (excludes halogenated alkanes) is 1. The molecule has 0 radical (unpaired) electrons. The van der Waals surface area contributed by atoms with E-state index in [1.54, 1.807) is 14.2 Å². The molecular weight excluding hydrogens is 230 g/mol. The number of hydrogen-bond donors (Lipinski definition) is 2. The normalized spacial score (nSPS) is 11.2. The Balaban J connectivity index is 2.70. The van der Waals surface area contributed by atoms with Gasteiger partial charge < -0.3 is 20.5 Å². The molecule has 0 aromatic heterocycles. The van der Waals surface area contributed by atoms with Crippen molar-refractivity contribution in [1.82, 2.24) is 0 Å². The molecule has 0 aliphatic rings. The van der Waals surface area contributed by atoms with Gasteiger partial charge in [-0.3, -0.25) is 4.99 Å². The van der Waals surface area contributed by atoms with E-state index in [0.717, 1.165) is 25.1 Å². The molecule has 1 rings (SSSR count). The van der Waals surface area contributed by atoms with Crippen molar-refractivity contribution in [3.63, 3.8) is 0 Å². The van der Waals surface area contributed by atoms with Crippen LogP contribution in [0.5, 0.6) is 11.5 Å². The van der Waals surface area contributed by atoms with Crippen LogP contribution in [-0.2, 0) is 0 Å². The topological polar surface area (TPSA) is 68.9 Å². The number of nitrogens with one attached hydrogen (secondary N) is 1. The Hall–Kier alpha value is -1.91. The Kier molecular flexibility index (Phi) is 5.84. The number of hydrogen-bond acceptors (Lipinski definition) is 3. The summed E-state index contributed by atoms with van der Waals surface area (Å²) in [6, 6.07) is 5.51. The van der Waals surface area contributed by atoms with Crippen molar-refractivity contribution >= 4 is 11.6 Å². The number of nitrogens with two attached hydrogens (primary N) is 1. The summed E-state index contributed by atoms with van der Waals surface area (Å²) in [5, 5.41) is 3.02. The van der Waals surface area contributed by atoms with E-state index in [9.17, 15) is 0 Å². The highest BCUT2D eigenvalue weighted by atomic mass is 16.5.